The Morgan fingerprint density at radius 3 is 2.81 bits per heavy atom. The van der Waals surface area contributed by atoms with Gasteiger partial charge in [-0.25, -0.2) is 13.9 Å². The predicted octanol–water partition coefficient (Wildman–Crippen LogP) is 4.01. The van der Waals surface area contributed by atoms with Crippen LogP contribution in [0.3, 0.4) is 0 Å². The third-order valence-electron chi connectivity index (χ3n) is 5.36. The highest BCUT2D eigenvalue weighted by molar-refractivity contribution is 7.99. The summed E-state index contributed by atoms with van der Waals surface area (Å²) in [7, 11) is 4.09. The van der Waals surface area contributed by atoms with E-state index in [0.29, 0.717) is 22.0 Å². The first kappa shape index (κ1) is 21.0. The number of halogens is 1. The molecular weight excluding hydrogens is 413 g/mol. The smallest absolute Gasteiger partial charge is 0.155 e. The Kier molecular flexibility index (Phi) is 5.76. The Labute approximate surface area is 184 Å². The van der Waals surface area contributed by atoms with Gasteiger partial charge in [0.15, 0.2) is 5.82 Å². The van der Waals surface area contributed by atoms with Gasteiger partial charge in [-0.3, -0.25) is 4.68 Å². The number of aromatic nitrogens is 5. The van der Waals surface area contributed by atoms with Crippen molar-refractivity contribution in [1.29, 1.82) is 5.26 Å². The molecule has 0 fully saturated rings. The van der Waals surface area contributed by atoms with Crippen molar-refractivity contribution in [3.8, 4) is 17.2 Å². The van der Waals surface area contributed by atoms with Gasteiger partial charge >= 0.3 is 0 Å². The molecule has 4 heterocycles. The minimum absolute atomic E-state index is 0.249. The summed E-state index contributed by atoms with van der Waals surface area (Å²) in [6.07, 6.45) is 6.78. The minimum atomic E-state index is -0.407. The topological polar surface area (TPSA) is 75.0 Å². The predicted molar refractivity (Wildman–Crippen MR) is 117 cm³/mol. The number of likely N-dealkylation sites (N-methyl/N-ethyl adjacent to an activating group) is 1. The second-order valence-corrected chi connectivity index (χ2v) is 8.62. The van der Waals surface area contributed by atoms with Crippen molar-refractivity contribution >= 4 is 17.3 Å². The largest absolute Gasteiger partial charge is 0.305 e. The number of nitriles is 1. The zero-order valence-electron chi connectivity index (χ0n) is 17.7. The summed E-state index contributed by atoms with van der Waals surface area (Å²) in [5, 5.41) is 18.7. The van der Waals surface area contributed by atoms with E-state index in [1.165, 1.54) is 24.0 Å². The Morgan fingerprint density at radius 1 is 1.29 bits per heavy atom. The molecule has 9 heteroatoms. The van der Waals surface area contributed by atoms with E-state index in [1.54, 1.807) is 16.8 Å². The van der Waals surface area contributed by atoms with Crippen LogP contribution in [0.2, 0.25) is 0 Å². The molecule has 0 aromatic carbocycles. The zero-order valence-corrected chi connectivity index (χ0v) is 18.6. The summed E-state index contributed by atoms with van der Waals surface area (Å²) >= 11 is 1.18. The summed E-state index contributed by atoms with van der Waals surface area (Å²) < 4.78 is 17.9. The molecule has 0 aliphatic rings. The lowest BCUT2D eigenvalue weighted by Gasteiger charge is -2.20. The standard InChI is InChI=1S/C22H22FN7S/c1-14(28(3)4)12-29-15(2)18(11-27-29)16-8-20(31-22-19(23)6-5-7-25-22)21-17(9-24)10-26-30(21)13-16/h5-8,10-11,13-14H,12H2,1-4H3/t14-/m0/s1. The monoisotopic (exact) mass is 435 g/mol. The molecule has 4 rings (SSSR count). The van der Waals surface area contributed by atoms with E-state index in [9.17, 15) is 9.65 Å². The van der Waals surface area contributed by atoms with E-state index >= 15 is 0 Å². The normalized spacial score (nSPS) is 12.4. The van der Waals surface area contributed by atoms with Crippen molar-refractivity contribution in [2.75, 3.05) is 14.1 Å². The van der Waals surface area contributed by atoms with E-state index in [-0.39, 0.29) is 5.03 Å². The number of nitrogens with zero attached hydrogens (tertiary/aromatic N) is 7. The van der Waals surface area contributed by atoms with Crippen LogP contribution in [0.25, 0.3) is 16.6 Å². The van der Waals surface area contributed by atoms with Gasteiger partial charge in [-0.05, 0) is 46.1 Å². The van der Waals surface area contributed by atoms with E-state index in [0.717, 1.165) is 23.4 Å². The number of rotatable bonds is 6. The lowest BCUT2D eigenvalue weighted by molar-refractivity contribution is 0.274. The first-order valence-corrected chi connectivity index (χ1v) is 10.6. The van der Waals surface area contributed by atoms with E-state index < -0.39 is 5.82 Å². The van der Waals surface area contributed by atoms with Crippen LogP contribution in [0.15, 0.2) is 52.9 Å². The Balaban J connectivity index is 1.81. The van der Waals surface area contributed by atoms with E-state index in [1.807, 2.05) is 44.2 Å². The summed E-state index contributed by atoms with van der Waals surface area (Å²) in [6, 6.07) is 7.37. The Hall–Kier alpha value is -3.22. The number of pyridine rings is 2. The average molecular weight is 436 g/mol. The maximum atomic E-state index is 14.3. The van der Waals surface area contributed by atoms with Gasteiger partial charge in [0, 0.05) is 40.2 Å². The molecule has 0 radical (unpaired) electrons. The number of hydrogen-bond donors (Lipinski definition) is 0. The zero-order chi connectivity index (χ0) is 22.1. The first-order valence-electron chi connectivity index (χ1n) is 9.78. The summed E-state index contributed by atoms with van der Waals surface area (Å²) in [5.41, 5.74) is 3.94. The minimum Gasteiger partial charge on any atom is -0.305 e. The molecule has 7 nitrogen and oxygen atoms in total. The average Bonchev–Trinajstić information content (AvgIpc) is 3.33. The van der Waals surface area contributed by atoms with Gasteiger partial charge in [0.1, 0.15) is 11.1 Å². The molecule has 31 heavy (non-hydrogen) atoms. The Morgan fingerprint density at radius 2 is 2.10 bits per heavy atom. The van der Waals surface area contributed by atoms with Crippen LogP contribution in [0, 0.1) is 24.1 Å². The third-order valence-corrected chi connectivity index (χ3v) is 6.39. The van der Waals surface area contributed by atoms with Gasteiger partial charge in [-0.1, -0.05) is 11.8 Å². The molecule has 0 bridgehead atoms. The Bertz CT molecular complexity index is 1280. The molecule has 0 saturated heterocycles. The lowest BCUT2D eigenvalue weighted by atomic mass is 10.1. The molecule has 0 saturated carbocycles. The summed E-state index contributed by atoms with van der Waals surface area (Å²) in [4.78, 5) is 7.00. The lowest BCUT2D eigenvalue weighted by Crippen LogP contribution is -2.29. The van der Waals surface area contributed by atoms with Crippen molar-refractivity contribution in [1.82, 2.24) is 29.3 Å². The van der Waals surface area contributed by atoms with Crippen molar-refractivity contribution < 1.29 is 4.39 Å². The highest BCUT2D eigenvalue weighted by Gasteiger charge is 2.18. The molecule has 1 atom stereocenters. The molecule has 0 N–H and O–H groups in total. The fourth-order valence-electron chi connectivity index (χ4n) is 3.27. The molecule has 0 spiro atoms. The summed E-state index contributed by atoms with van der Waals surface area (Å²) in [5.74, 6) is -0.407. The second kappa shape index (κ2) is 8.49. The van der Waals surface area contributed by atoms with Crippen molar-refractivity contribution in [2.45, 2.75) is 36.4 Å². The third kappa shape index (κ3) is 4.04. The van der Waals surface area contributed by atoms with Crippen LogP contribution in [-0.2, 0) is 6.54 Å². The van der Waals surface area contributed by atoms with Crippen LogP contribution >= 0.6 is 11.8 Å². The molecule has 0 aliphatic carbocycles. The fourth-order valence-corrected chi connectivity index (χ4v) is 4.24. The van der Waals surface area contributed by atoms with Gasteiger partial charge in [-0.15, -0.1) is 0 Å². The summed E-state index contributed by atoms with van der Waals surface area (Å²) in [6.45, 7) is 4.95. The van der Waals surface area contributed by atoms with Crippen LogP contribution < -0.4 is 0 Å². The molecule has 0 amide bonds. The molecule has 4 aromatic heterocycles. The maximum Gasteiger partial charge on any atom is 0.155 e. The SMILES string of the molecule is Cc1c(-c2cc(Sc3ncccc3F)c3c(C#N)cnn3c2)cnn1C[C@H](C)N(C)C. The van der Waals surface area contributed by atoms with Crippen LogP contribution in [-0.4, -0.2) is 49.4 Å². The highest BCUT2D eigenvalue weighted by Crippen LogP contribution is 2.36. The first-order chi connectivity index (χ1) is 14.9. The van der Waals surface area contributed by atoms with Gasteiger partial charge in [-0.2, -0.15) is 15.5 Å². The van der Waals surface area contributed by atoms with E-state index in [2.05, 4.69) is 33.1 Å². The fraction of sp³-hybridized carbons (Fsp3) is 0.273. The van der Waals surface area contributed by atoms with Crippen molar-refractivity contribution in [2.24, 2.45) is 0 Å². The number of hydrogen-bond acceptors (Lipinski definition) is 6. The number of fused-ring (bicyclic) bond motifs is 1. The maximum absolute atomic E-state index is 14.3. The highest BCUT2D eigenvalue weighted by atomic mass is 32.2. The molecule has 4 aromatic rings. The van der Waals surface area contributed by atoms with Gasteiger partial charge < -0.3 is 4.90 Å². The molecule has 0 aliphatic heterocycles. The molecule has 158 valence electrons. The van der Waals surface area contributed by atoms with Crippen molar-refractivity contribution in [3.63, 3.8) is 0 Å². The van der Waals surface area contributed by atoms with Crippen molar-refractivity contribution in [3.05, 3.63) is 60.1 Å². The van der Waals surface area contributed by atoms with Gasteiger partial charge in [0.2, 0.25) is 0 Å². The van der Waals surface area contributed by atoms with Crippen LogP contribution in [0.5, 0.6) is 0 Å². The molecule has 0 unspecified atom stereocenters. The molecular formula is C22H22FN7S. The van der Waals surface area contributed by atoms with E-state index in [4.69, 9.17) is 0 Å². The van der Waals surface area contributed by atoms with Crippen LogP contribution in [0.4, 0.5) is 4.39 Å². The van der Waals surface area contributed by atoms with Gasteiger partial charge in [0.25, 0.3) is 0 Å². The van der Waals surface area contributed by atoms with Crippen LogP contribution in [0.1, 0.15) is 18.2 Å². The van der Waals surface area contributed by atoms with Gasteiger partial charge in [0.05, 0.1) is 30.0 Å². The second-order valence-electron chi connectivity index (χ2n) is 7.59. The quantitative estimate of drug-likeness (QED) is 0.456.